The molecule has 0 saturated heterocycles. The van der Waals surface area contributed by atoms with Crippen LogP contribution in [0.1, 0.15) is 13.3 Å². The van der Waals surface area contributed by atoms with Crippen molar-refractivity contribution in [3.05, 3.63) is 0 Å². The minimum absolute atomic E-state index is 0.119. The Labute approximate surface area is 61.6 Å². The molecule has 0 saturated carbocycles. The second-order valence-electron chi connectivity index (χ2n) is 2.35. The van der Waals surface area contributed by atoms with E-state index in [-0.39, 0.29) is 12.4 Å². The Balaban J connectivity index is 3.37. The predicted molar refractivity (Wildman–Crippen MR) is 39.9 cm³/mol. The van der Waals surface area contributed by atoms with Crippen molar-refractivity contribution in [2.75, 3.05) is 26.7 Å². The molecule has 0 spiro atoms. The Kier molecular flexibility index (Phi) is 5.16. The van der Waals surface area contributed by atoms with Gasteiger partial charge < -0.3 is 5.11 Å². The number of aliphatic hydroxyl groups excluding tert-OH is 1. The minimum Gasteiger partial charge on any atom is -0.395 e. The maximum atomic E-state index is 10.8. The van der Waals surface area contributed by atoms with Crippen LogP contribution in [0, 0.1) is 0 Å². The van der Waals surface area contributed by atoms with Gasteiger partial charge in [0.1, 0.15) is 5.78 Å². The molecule has 0 heterocycles. The first-order chi connectivity index (χ1) is 4.70. The van der Waals surface area contributed by atoms with Crippen molar-refractivity contribution < 1.29 is 9.90 Å². The van der Waals surface area contributed by atoms with Gasteiger partial charge in [-0.2, -0.15) is 0 Å². The Morgan fingerprint density at radius 1 is 1.60 bits per heavy atom. The number of nitrogens with zero attached hydrogens (tertiary/aromatic N) is 1. The molecule has 0 rings (SSSR count). The van der Waals surface area contributed by atoms with Gasteiger partial charge >= 0.3 is 0 Å². The Bertz CT molecular complexity index is 104. The van der Waals surface area contributed by atoms with E-state index in [1.54, 1.807) is 0 Å². The lowest BCUT2D eigenvalue weighted by Gasteiger charge is -2.12. The number of hydrogen-bond donors (Lipinski definition) is 1. The molecule has 0 aromatic carbocycles. The highest BCUT2D eigenvalue weighted by Crippen LogP contribution is 1.85. The molecular formula is C7H15NO2. The number of aliphatic hydroxyl groups is 1. The summed E-state index contributed by atoms with van der Waals surface area (Å²) in [5, 5.41) is 8.47. The summed E-state index contributed by atoms with van der Waals surface area (Å²) in [6.07, 6.45) is 0.579. The lowest BCUT2D eigenvalue weighted by atomic mass is 10.3. The summed E-state index contributed by atoms with van der Waals surface area (Å²) in [6, 6.07) is 0. The molecule has 0 aliphatic carbocycles. The third-order valence-corrected chi connectivity index (χ3v) is 1.32. The number of ketones is 1. The molecule has 0 aromatic rings. The van der Waals surface area contributed by atoms with E-state index in [0.29, 0.717) is 19.5 Å². The lowest BCUT2D eigenvalue weighted by molar-refractivity contribution is -0.119. The minimum atomic E-state index is 0.119. The van der Waals surface area contributed by atoms with E-state index in [4.69, 9.17) is 5.11 Å². The van der Waals surface area contributed by atoms with Crippen LogP contribution in [-0.2, 0) is 4.79 Å². The Morgan fingerprint density at radius 3 is 2.60 bits per heavy atom. The smallest absolute Gasteiger partial charge is 0.146 e. The van der Waals surface area contributed by atoms with E-state index in [9.17, 15) is 4.79 Å². The maximum Gasteiger partial charge on any atom is 0.146 e. The van der Waals surface area contributed by atoms with Crippen molar-refractivity contribution >= 4 is 5.78 Å². The zero-order valence-electron chi connectivity index (χ0n) is 6.63. The van der Waals surface area contributed by atoms with Crippen LogP contribution in [0.25, 0.3) is 0 Å². The highest BCUT2D eigenvalue weighted by molar-refractivity contribution is 5.80. The fourth-order valence-electron chi connectivity index (χ4n) is 0.663. The highest BCUT2D eigenvalue weighted by atomic mass is 16.3. The standard InChI is InChI=1S/C7H15NO2/c1-3-7(10)6-8(2)4-5-9/h9H,3-6H2,1-2H3. The number of hydrogen-bond acceptors (Lipinski definition) is 3. The number of carbonyl (C=O) groups is 1. The summed E-state index contributed by atoms with van der Waals surface area (Å²) in [6.45, 7) is 2.99. The molecular weight excluding hydrogens is 130 g/mol. The van der Waals surface area contributed by atoms with Crippen LogP contribution in [0.2, 0.25) is 0 Å². The fourth-order valence-corrected chi connectivity index (χ4v) is 0.663. The second-order valence-corrected chi connectivity index (χ2v) is 2.35. The van der Waals surface area contributed by atoms with Gasteiger partial charge in [0.25, 0.3) is 0 Å². The molecule has 0 unspecified atom stereocenters. The van der Waals surface area contributed by atoms with Gasteiger partial charge in [0, 0.05) is 13.0 Å². The molecule has 0 amide bonds. The highest BCUT2D eigenvalue weighted by Gasteiger charge is 2.01. The summed E-state index contributed by atoms with van der Waals surface area (Å²) < 4.78 is 0. The zero-order chi connectivity index (χ0) is 7.98. The molecule has 3 heteroatoms. The van der Waals surface area contributed by atoms with Gasteiger partial charge in [0.15, 0.2) is 0 Å². The first-order valence-corrected chi connectivity index (χ1v) is 3.51. The molecule has 1 N–H and O–H groups in total. The summed E-state index contributed by atoms with van der Waals surface area (Å²) in [5.74, 6) is 0.218. The fraction of sp³-hybridized carbons (Fsp3) is 0.857. The molecule has 0 atom stereocenters. The normalized spacial score (nSPS) is 10.4. The van der Waals surface area contributed by atoms with Crippen molar-refractivity contribution in [2.24, 2.45) is 0 Å². The van der Waals surface area contributed by atoms with Crippen molar-refractivity contribution in [3.63, 3.8) is 0 Å². The molecule has 0 aliphatic rings. The first kappa shape index (κ1) is 9.59. The van der Waals surface area contributed by atoms with Gasteiger partial charge in [-0.15, -0.1) is 0 Å². The van der Waals surface area contributed by atoms with Crippen LogP contribution in [0.5, 0.6) is 0 Å². The topological polar surface area (TPSA) is 40.5 Å². The van der Waals surface area contributed by atoms with Gasteiger partial charge in [0.05, 0.1) is 13.2 Å². The molecule has 0 radical (unpaired) electrons. The number of carbonyl (C=O) groups excluding carboxylic acids is 1. The Hall–Kier alpha value is -0.410. The molecule has 10 heavy (non-hydrogen) atoms. The largest absolute Gasteiger partial charge is 0.395 e. The van der Waals surface area contributed by atoms with Crippen molar-refractivity contribution in [1.29, 1.82) is 0 Å². The van der Waals surface area contributed by atoms with E-state index in [2.05, 4.69) is 0 Å². The molecule has 0 aliphatic heterocycles. The van der Waals surface area contributed by atoms with Crippen molar-refractivity contribution in [1.82, 2.24) is 4.90 Å². The van der Waals surface area contributed by atoms with Crippen LogP contribution in [-0.4, -0.2) is 42.5 Å². The zero-order valence-corrected chi connectivity index (χ0v) is 6.63. The van der Waals surface area contributed by atoms with E-state index < -0.39 is 0 Å². The van der Waals surface area contributed by atoms with Gasteiger partial charge in [-0.25, -0.2) is 0 Å². The molecule has 0 bridgehead atoms. The summed E-state index contributed by atoms with van der Waals surface area (Å²) in [5.41, 5.74) is 0. The Morgan fingerprint density at radius 2 is 2.20 bits per heavy atom. The average Bonchev–Trinajstić information content (AvgIpc) is 1.88. The molecule has 3 nitrogen and oxygen atoms in total. The third-order valence-electron chi connectivity index (χ3n) is 1.32. The number of rotatable bonds is 5. The lowest BCUT2D eigenvalue weighted by Crippen LogP contribution is -2.28. The van der Waals surface area contributed by atoms with Crippen molar-refractivity contribution in [2.45, 2.75) is 13.3 Å². The van der Waals surface area contributed by atoms with E-state index in [1.165, 1.54) is 0 Å². The van der Waals surface area contributed by atoms with Gasteiger partial charge in [-0.3, -0.25) is 9.69 Å². The van der Waals surface area contributed by atoms with E-state index in [1.807, 2.05) is 18.9 Å². The van der Waals surface area contributed by atoms with Crippen LogP contribution in [0.4, 0.5) is 0 Å². The van der Waals surface area contributed by atoms with Crippen LogP contribution < -0.4 is 0 Å². The van der Waals surface area contributed by atoms with E-state index >= 15 is 0 Å². The van der Waals surface area contributed by atoms with Crippen LogP contribution in [0.3, 0.4) is 0 Å². The first-order valence-electron chi connectivity index (χ1n) is 3.51. The van der Waals surface area contributed by atoms with Gasteiger partial charge in [0.2, 0.25) is 0 Å². The molecule has 0 aromatic heterocycles. The maximum absolute atomic E-state index is 10.8. The summed E-state index contributed by atoms with van der Waals surface area (Å²) in [4.78, 5) is 12.6. The third kappa shape index (κ3) is 4.47. The van der Waals surface area contributed by atoms with Crippen LogP contribution in [0.15, 0.2) is 0 Å². The van der Waals surface area contributed by atoms with Gasteiger partial charge in [-0.1, -0.05) is 6.92 Å². The van der Waals surface area contributed by atoms with Crippen LogP contribution >= 0.6 is 0 Å². The van der Waals surface area contributed by atoms with Gasteiger partial charge in [-0.05, 0) is 7.05 Å². The van der Waals surface area contributed by atoms with Crippen molar-refractivity contribution in [3.8, 4) is 0 Å². The average molecular weight is 145 g/mol. The SMILES string of the molecule is CCC(=O)CN(C)CCO. The predicted octanol–water partition coefficient (Wildman–Crippen LogP) is -0.110. The second kappa shape index (κ2) is 5.38. The molecule has 0 fully saturated rings. The number of likely N-dealkylation sites (N-methyl/N-ethyl adjacent to an activating group) is 1. The molecule has 60 valence electrons. The summed E-state index contributed by atoms with van der Waals surface area (Å²) >= 11 is 0. The van der Waals surface area contributed by atoms with E-state index in [0.717, 1.165) is 0 Å². The monoisotopic (exact) mass is 145 g/mol. The number of Topliss-reactive ketones (excluding diaryl/α,β-unsaturated/α-hetero) is 1. The summed E-state index contributed by atoms with van der Waals surface area (Å²) in [7, 11) is 1.82. The quantitative estimate of drug-likeness (QED) is 0.587.